The Morgan fingerprint density at radius 2 is 2.24 bits per heavy atom. The second kappa shape index (κ2) is 7.93. The molecule has 5 nitrogen and oxygen atoms in total. The number of hydrogen-bond donors (Lipinski definition) is 2. The molecule has 0 aliphatic carbocycles. The zero-order valence-electron chi connectivity index (χ0n) is 12.1. The van der Waals surface area contributed by atoms with Crippen LogP contribution in [0.5, 0.6) is 0 Å². The normalized spacial score (nSPS) is 19.8. The molecule has 1 fully saturated rings. The van der Waals surface area contributed by atoms with Crippen molar-refractivity contribution in [1.82, 2.24) is 5.48 Å². The molecule has 21 heavy (non-hydrogen) atoms. The average molecular weight is 290 g/mol. The number of ether oxygens (including phenoxy) is 1. The molecule has 3 N–H and O–H groups in total. The summed E-state index contributed by atoms with van der Waals surface area (Å²) in [6.07, 6.45) is 5.03. The number of carbonyl (C=O) groups is 1. The maximum atomic E-state index is 12.0. The Kier molecular flexibility index (Phi) is 5.92. The zero-order chi connectivity index (χ0) is 15.1. The van der Waals surface area contributed by atoms with Gasteiger partial charge in [0.05, 0.1) is 0 Å². The van der Waals surface area contributed by atoms with Crippen molar-refractivity contribution < 1.29 is 14.4 Å². The first kappa shape index (κ1) is 15.7. The Morgan fingerprint density at radius 3 is 2.86 bits per heavy atom. The van der Waals surface area contributed by atoms with Crippen LogP contribution < -0.4 is 11.2 Å². The lowest BCUT2D eigenvalue weighted by atomic mass is 10.0. The van der Waals surface area contributed by atoms with Crippen molar-refractivity contribution in [2.75, 3.05) is 6.61 Å². The minimum Gasteiger partial charge on any atom is -0.350 e. The van der Waals surface area contributed by atoms with Gasteiger partial charge in [0.25, 0.3) is 5.91 Å². The fourth-order valence-electron chi connectivity index (χ4n) is 2.18. The summed E-state index contributed by atoms with van der Waals surface area (Å²) in [5.41, 5.74) is 9.91. The molecule has 0 bridgehead atoms. The molecule has 0 saturated carbocycles. The summed E-state index contributed by atoms with van der Waals surface area (Å²) in [6, 6.07) is 7.07. The van der Waals surface area contributed by atoms with Crippen LogP contribution in [-0.4, -0.2) is 18.8 Å². The van der Waals surface area contributed by atoms with Crippen molar-refractivity contribution in [1.29, 1.82) is 0 Å². The Hall–Kier alpha value is -1.69. The van der Waals surface area contributed by atoms with E-state index in [0.29, 0.717) is 18.6 Å². The van der Waals surface area contributed by atoms with E-state index in [1.54, 1.807) is 18.2 Å². The van der Waals surface area contributed by atoms with E-state index in [9.17, 15) is 4.79 Å². The first-order valence-electron chi connectivity index (χ1n) is 7.24. The van der Waals surface area contributed by atoms with Crippen molar-refractivity contribution in [3.8, 4) is 0 Å². The molecule has 2 atom stereocenters. The van der Waals surface area contributed by atoms with E-state index < -0.39 is 0 Å². The number of nitrogens with two attached hydrogens (primary N) is 1. The van der Waals surface area contributed by atoms with Crippen LogP contribution in [0.2, 0.25) is 0 Å². The Bertz CT molecular complexity index is 467. The molecule has 2 unspecified atom stereocenters. The highest BCUT2D eigenvalue weighted by atomic mass is 16.8. The van der Waals surface area contributed by atoms with Crippen molar-refractivity contribution >= 4 is 5.91 Å². The lowest BCUT2D eigenvalue weighted by Crippen LogP contribution is -2.33. The van der Waals surface area contributed by atoms with E-state index in [4.69, 9.17) is 15.3 Å². The van der Waals surface area contributed by atoms with E-state index in [1.165, 1.54) is 0 Å². The van der Waals surface area contributed by atoms with E-state index >= 15 is 0 Å². The van der Waals surface area contributed by atoms with Crippen molar-refractivity contribution in [2.45, 2.75) is 38.0 Å². The maximum absolute atomic E-state index is 12.0. The third-order valence-corrected chi connectivity index (χ3v) is 3.44. The summed E-state index contributed by atoms with van der Waals surface area (Å²) >= 11 is 0. The number of carbonyl (C=O) groups excluding carboxylic acids is 1. The van der Waals surface area contributed by atoms with Crippen LogP contribution in [-0.2, 0) is 9.57 Å². The number of hydroxylamine groups is 1. The Balaban J connectivity index is 1.85. The van der Waals surface area contributed by atoms with Crippen LogP contribution in [0, 0.1) is 0 Å². The summed E-state index contributed by atoms with van der Waals surface area (Å²) in [4.78, 5) is 17.2. The molecule has 0 radical (unpaired) electrons. The van der Waals surface area contributed by atoms with Gasteiger partial charge < -0.3 is 10.5 Å². The first-order chi connectivity index (χ1) is 10.2. The number of nitrogens with one attached hydrogen (secondary N) is 1. The van der Waals surface area contributed by atoms with Crippen LogP contribution >= 0.6 is 0 Å². The maximum Gasteiger partial charge on any atom is 0.274 e. The molecular formula is C16H22N2O3. The molecule has 1 amide bonds. The molecule has 1 aromatic carbocycles. The first-order valence-corrected chi connectivity index (χ1v) is 7.24. The van der Waals surface area contributed by atoms with Gasteiger partial charge in [-0.3, -0.25) is 4.79 Å². The fraction of sp³-hybridized carbons (Fsp3) is 0.438. The van der Waals surface area contributed by atoms with Crippen molar-refractivity contribution in [3.63, 3.8) is 0 Å². The van der Waals surface area contributed by atoms with Crippen molar-refractivity contribution in [2.24, 2.45) is 5.73 Å². The highest BCUT2D eigenvalue weighted by Gasteiger charge is 2.16. The van der Waals surface area contributed by atoms with Crippen LogP contribution in [0.25, 0.3) is 0 Å². The molecule has 5 heteroatoms. The molecule has 0 aromatic heterocycles. The Labute approximate surface area is 125 Å². The van der Waals surface area contributed by atoms with Crippen molar-refractivity contribution in [3.05, 3.63) is 48.0 Å². The summed E-state index contributed by atoms with van der Waals surface area (Å²) in [7, 11) is 0. The summed E-state index contributed by atoms with van der Waals surface area (Å²) < 4.78 is 5.38. The SMILES string of the molecule is C=CCC(N)c1ccc(C(=O)NOC2CCCCO2)cc1. The van der Waals surface area contributed by atoms with Gasteiger partial charge in [0.15, 0.2) is 6.29 Å². The van der Waals surface area contributed by atoms with Crippen LogP contribution in [0.4, 0.5) is 0 Å². The molecule has 114 valence electrons. The lowest BCUT2D eigenvalue weighted by Gasteiger charge is -2.22. The third kappa shape index (κ3) is 4.67. The third-order valence-electron chi connectivity index (χ3n) is 3.44. The largest absolute Gasteiger partial charge is 0.350 e. The predicted octanol–water partition coefficient (Wildman–Crippen LogP) is 2.45. The van der Waals surface area contributed by atoms with Gasteiger partial charge in [-0.05, 0) is 37.0 Å². The zero-order valence-corrected chi connectivity index (χ0v) is 12.1. The molecule has 1 aliphatic rings. The second-order valence-corrected chi connectivity index (χ2v) is 5.10. The van der Waals surface area contributed by atoms with Gasteiger partial charge in [0.1, 0.15) is 0 Å². The highest BCUT2D eigenvalue weighted by molar-refractivity contribution is 5.93. The molecule has 1 aromatic rings. The summed E-state index contributed by atoms with van der Waals surface area (Å²) in [6.45, 7) is 4.35. The topological polar surface area (TPSA) is 73.6 Å². The van der Waals surface area contributed by atoms with Gasteiger partial charge in [-0.25, -0.2) is 10.3 Å². The van der Waals surface area contributed by atoms with Gasteiger partial charge in [-0.15, -0.1) is 6.58 Å². The number of amides is 1. The second-order valence-electron chi connectivity index (χ2n) is 5.10. The van der Waals surface area contributed by atoms with E-state index in [0.717, 1.165) is 24.8 Å². The van der Waals surface area contributed by atoms with E-state index in [2.05, 4.69) is 12.1 Å². The molecule has 1 aliphatic heterocycles. The van der Waals surface area contributed by atoms with E-state index in [-0.39, 0.29) is 18.2 Å². The quantitative estimate of drug-likeness (QED) is 0.623. The number of hydrogen-bond acceptors (Lipinski definition) is 4. The molecule has 2 rings (SSSR count). The van der Waals surface area contributed by atoms with Crippen LogP contribution in [0.1, 0.15) is 47.6 Å². The predicted molar refractivity (Wildman–Crippen MR) is 80.3 cm³/mol. The minimum absolute atomic E-state index is 0.0912. The fourth-order valence-corrected chi connectivity index (χ4v) is 2.18. The van der Waals surface area contributed by atoms with E-state index in [1.807, 2.05) is 12.1 Å². The molecule has 0 spiro atoms. The summed E-state index contributed by atoms with van der Waals surface area (Å²) in [5.74, 6) is -0.284. The van der Waals surface area contributed by atoms with Gasteiger partial charge in [0, 0.05) is 24.6 Å². The molecular weight excluding hydrogens is 268 g/mol. The van der Waals surface area contributed by atoms with Gasteiger partial charge in [0.2, 0.25) is 0 Å². The standard InChI is InChI=1S/C16H22N2O3/c1-2-5-14(17)12-7-9-13(10-8-12)16(19)18-21-15-6-3-4-11-20-15/h2,7-10,14-15H,1,3-6,11,17H2,(H,18,19). The van der Waals surface area contributed by atoms with Crippen LogP contribution in [0.3, 0.4) is 0 Å². The number of rotatable bonds is 6. The smallest absolute Gasteiger partial charge is 0.274 e. The highest BCUT2D eigenvalue weighted by Crippen LogP contribution is 2.16. The van der Waals surface area contributed by atoms with Crippen LogP contribution in [0.15, 0.2) is 36.9 Å². The molecule has 1 saturated heterocycles. The van der Waals surface area contributed by atoms with Gasteiger partial charge in [-0.2, -0.15) is 0 Å². The lowest BCUT2D eigenvalue weighted by molar-refractivity contribution is -0.186. The number of benzene rings is 1. The minimum atomic E-state index is -0.344. The van der Waals surface area contributed by atoms with Gasteiger partial charge >= 0.3 is 0 Å². The Morgan fingerprint density at radius 1 is 1.48 bits per heavy atom. The average Bonchev–Trinajstić information content (AvgIpc) is 2.54. The summed E-state index contributed by atoms with van der Waals surface area (Å²) in [5, 5.41) is 0. The van der Waals surface area contributed by atoms with Gasteiger partial charge in [-0.1, -0.05) is 18.2 Å². The monoisotopic (exact) mass is 290 g/mol. The molecule has 1 heterocycles.